The zero-order valence-electron chi connectivity index (χ0n) is 5.83. The minimum absolute atomic E-state index is 0.156. The maximum absolute atomic E-state index is 8.57. The summed E-state index contributed by atoms with van der Waals surface area (Å²) >= 11 is 0. The van der Waals surface area contributed by atoms with Crippen LogP contribution in [0.15, 0.2) is 0 Å². The van der Waals surface area contributed by atoms with E-state index in [0.29, 0.717) is 0 Å². The highest BCUT2D eigenvalue weighted by Gasteiger charge is 2.28. The average Bonchev–Trinajstić information content (AvgIpc) is 1.62. The SMILES string of the molecule is CCC(C)C[Si](O)(O)O. The predicted molar refractivity (Wildman–Crippen MR) is 36.7 cm³/mol. The molecule has 0 heterocycles. The molecule has 0 aliphatic rings. The van der Waals surface area contributed by atoms with Gasteiger partial charge in [-0.25, -0.2) is 0 Å². The predicted octanol–water partition coefficient (Wildman–Crippen LogP) is -0.0517. The van der Waals surface area contributed by atoms with E-state index in [-0.39, 0.29) is 12.0 Å². The zero-order chi connectivity index (χ0) is 7.49. The summed E-state index contributed by atoms with van der Waals surface area (Å²) in [5.41, 5.74) is 0. The van der Waals surface area contributed by atoms with Crippen molar-refractivity contribution < 1.29 is 14.4 Å². The molecule has 0 bridgehead atoms. The largest absolute Gasteiger partial charge is 0.493 e. The van der Waals surface area contributed by atoms with E-state index in [0.717, 1.165) is 6.42 Å². The van der Waals surface area contributed by atoms with E-state index < -0.39 is 8.80 Å². The van der Waals surface area contributed by atoms with Crippen LogP contribution in [0.4, 0.5) is 0 Å². The van der Waals surface area contributed by atoms with Crippen LogP contribution < -0.4 is 0 Å². The summed E-state index contributed by atoms with van der Waals surface area (Å²) in [5, 5.41) is 0. The fourth-order valence-corrected chi connectivity index (χ4v) is 1.84. The Morgan fingerprint density at radius 2 is 1.78 bits per heavy atom. The molecule has 0 aliphatic heterocycles. The van der Waals surface area contributed by atoms with E-state index in [1.54, 1.807) is 0 Å². The van der Waals surface area contributed by atoms with Crippen molar-refractivity contribution >= 4 is 8.80 Å². The summed E-state index contributed by atoms with van der Waals surface area (Å²) in [6.45, 7) is 3.83. The first kappa shape index (κ1) is 9.10. The van der Waals surface area contributed by atoms with Crippen LogP contribution >= 0.6 is 0 Å². The Labute approximate surface area is 56.3 Å². The third kappa shape index (κ3) is 5.98. The molecule has 0 aromatic heterocycles. The first-order valence-electron chi connectivity index (χ1n) is 3.13. The fraction of sp³-hybridized carbons (Fsp3) is 1.00. The summed E-state index contributed by atoms with van der Waals surface area (Å²) in [4.78, 5) is 25.7. The van der Waals surface area contributed by atoms with Gasteiger partial charge in [0.25, 0.3) is 0 Å². The third-order valence-electron chi connectivity index (χ3n) is 1.32. The minimum Gasteiger partial charge on any atom is -0.390 e. The zero-order valence-corrected chi connectivity index (χ0v) is 6.83. The van der Waals surface area contributed by atoms with Gasteiger partial charge in [0, 0.05) is 6.04 Å². The Kier molecular flexibility index (Phi) is 3.35. The van der Waals surface area contributed by atoms with Crippen molar-refractivity contribution in [1.82, 2.24) is 0 Å². The quantitative estimate of drug-likeness (QED) is 0.494. The maximum Gasteiger partial charge on any atom is 0.493 e. The van der Waals surface area contributed by atoms with Crippen LogP contribution in [0.2, 0.25) is 6.04 Å². The number of hydrogen-bond donors (Lipinski definition) is 3. The molecule has 0 saturated heterocycles. The van der Waals surface area contributed by atoms with E-state index in [2.05, 4.69) is 0 Å². The Morgan fingerprint density at radius 3 is 1.89 bits per heavy atom. The van der Waals surface area contributed by atoms with Crippen molar-refractivity contribution in [3.63, 3.8) is 0 Å². The van der Waals surface area contributed by atoms with Crippen LogP contribution in [0.25, 0.3) is 0 Å². The lowest BCUT2D eigenvalue weighted by Gasteiger charge is -2.13. The van der Waals surface area contributed by atoms with Crippen molar-refractivity contribution in [2.24, 2.45) is 5.92 Å². The van der Waals surface area contributed by atoms with Gasteiger partial charge in [0.2, 0.25) is 0 Å². The summed E-state index contributed by atoms with van der Waals surface area (Å²) in [6.07, 6.45) is 0.871. The highest BCUT2D eigenvalue weighted by Crippen LogP contribution is 2.12. The Morgan fingerprint density at radius 1 is 1.33 bits per heavy atom. The number of hydrogen-bond acceptors (Lipinski definition) is 3. The van der Waals surface area contributed by atoms with Crippen LogP contribution in [-0.2, 0) is 0 Å². The van der Waals surface area contributed by atoms with E-state index in [1.807, 2.05) is 13.8 Å². The molecule has 3 nitrogen and oxygen atoms in total. The van der Waals surface area contributed by atoms with Crippen molar-refractivity contribution in [3.05, 3.63) is 0 Å². The van der Waals surface area contributed by atoms with Gasteiger partial charge in [-0.1, -0.05) is 20.3 Å². The van der Waals surface area contributed by atoms with Gasteiger partial charge in [0.05, 0.1) is 0 Å². The highest BCUT2D eigenvalue weighted by atomic mass is 28.4. The average molecular weight is 150 g/mol. The van der Waals surface area contributed by atoms with Gasteiger partial charge in [0.15, 0.2) is 0 Å². The van der Waals surface area contributed by atoms with Gasteiger partial charge in [0.1, 0.15) is 0 Å². The second-order valence-electron chi connectivity index (χ2n) is 2.49. The topological polar surface area (TPSA) is 60.7 Å². The Hall–Kier alpha value is 0.0969. The normalized spacial score (nSPS) is 15.7. The molecule has 0 aromatic rings. The Bertz CT molecular complexity index is 78.8. The molecule has 0 aromatic carbocycles. The number of rotatable bonds is 3. The molecule has 1 unspecified atom stereocenters. The molecule has 0 amide bonds. The molecule has 0 radical (unpaired) electrons. The standard InChI is InChI=1S/C5H14O3Si/c1-3-5(2)4-9(6,7)8/h5-8H,3-4H2,1-2H3. The second kappa shape index (κ2) is 3.31. The van der Waals surface area contributed by atoms with E-state index in [4.69, 9.17) is 14.4 Å². The molecule has 0 aliphatic carbocycles. The van der Waals surface area contributed by atoms with Gasteiger partial charge in [-0.15, -0.1) is 0 Å². The van der Waals surface area contributed by atoms with Crippen molar-refractivity contribution in [3.8, 4) is 0 Å². The molecule has 9 heavy (non-hydrogen) atoms. The second-order valence-corrected chi connectivity index (χ2v) is 4.45. The van der Waals surface area contributed by atoms with Gasteiger partial charge in [-0.05, 0) is 5.92 Å². The van der Waals surface area contributed by atoms with Crippen molar-refractivity contribution in [2.45, 2.75) is 26.3 Å². The molecular formula is C5H14O3Si. The third-order valence-corrected chi connectivity index (χ3v) is 2.56. The van der Waals surface area contributed by atoms with Crippen LogP contribution in [0.5, 0.6) is 0 Å². The lowest BCUT2D eigenvalue weighted by molar-refractivity contribution is 0.219. The van der Waals surface area contributed by atoms with Crippen LogP contribution in [0, 0.1) is 5.92 Å². The fourth-order valence-electron chi connectivity index (χ4n) is 0.612. The van der Waals surface area contributed by atoms with Gasteiger partial charge < -0.3 is 14.4 Å². The Balaban J connectivity index is 3.47. The molecule has 1 atom stereocenters. The summed E-state index contributed by atoms with van der Waals surface area (Å²) in [6, 6.07) is 0.156. The van der Waals surface area contributed by atoms with Crippen molar-refractivity contribution in [1.29, 1.82) is 0 Å². The molecule has 3 N–H and O–H groups in total. The van der Waals surface area contributed by atoms with Crippen LogP contribution in [-0.4, -0.2) is 23.2 Å². The first-order chi connectivity index (χ1) is 3.95. The summed E-state index contributed by atoms with van der Waals surface area (Å²) in [5.74, 6) is 0.205. The molecule has 4 heteroatoms. The lowest BCUT2D eigenvalue weighted by atomic mass is 10.2. The molecule has 56 valence electrons. The van der Waals surface area contributed by atoms with Crippen LogP contribution in [0.1, 0.15) is 20.3 Å². The molecule has 0 rings (SSSR count). The monoisotopic (exact) mass is 150 g/mol. The van der Waals surface area contributed by atoms with Gasteiger partial charge in [-0.3, -0.25) is 0 Å². The molecule has 0 spiro atoms. The minimum atomic E-state index is -3.74. The summed E-state index contributed by atoms with van der Waals surface area (Å²) < 4.78 is 0. The first-order valence-corrected chi connectivity index (χ1v) is 5.17. The smallest absolute Gasteiger partial charge is 0.390 e. The highest BCUT2D eigenvalue weighted by molar-refractivity contribution is 6.56. The maximum atomic E-state index is 8.57. The van der Waals surface area contributed by atoms with E-state index in [1.165, 1.54) is 0 Å². The summed E-state index contributed by atoms with van der Waals surface area (Å²) in [7, 11) is -3.74. The molecule has 0 saturated carbocycles. The molecular weight excluding hydrogens is 136 g/mol. The van der Waals surface area contributed by atoms with Gasteiger partial charge in [-0.2, -0.15) is 0 Å². The molecule has 0 fully saturated rings. The van der Waals surface area contributed by atoms with Crippen LogP contribution in [0.3, 0.4) is 0 Å². The van der Waals surface area contributed by atoms with E-state index >= 15 is 0 Å². The van der Waals surface area contributed by atoms with Gasteiger partial charge >= 0.3 is 8.80 Å². The van der Waals surface area contributed by atoms with Crippen molar-refractivity contribution in [2.75, 3.05) is 0 Å². The van der Waals surface area contributed by atoms with E-state index in [9.17, 15) is 0 Å². The lowest BCUT2D eigenvalue weighted by Crippen LogP contribution is -2.36.